The van der Waals surface area contributed by atoms with Gasteiger partial charge in [0.1, 0.15) is 5.25 Å². The van der Waals surface area contributed by atoms with Crippen molar-refractivity contribution in [1.29, 1.82) is 0 Å². The minimum absolute atomic E-state index is 0.102. The van der Waals surface area contributed by atoms with Crippen LogP contribution in [0.25, 0.3) is 0 Å². The first-order valence-electron chi connectivity index (χ1n) is 9.48. The molecule has 30 heavy (non-hydrogen) atoms. The molecule has 0 aromatic heterocycles. The Morgan fingerprint density at radius 2 is 1.50 bits per heavy atom. The van der Waals surface area contributed by atoms with Gasteiger partial charge < -0.3 is 11.1 Å². The van der Waals surface area contributed by atoms with Crippen molar-refractivity contribution < 1.29 is 16.8 Å². The molecule has 3 aromatic rings. The molecule has 0 fully saturated rings. The number of benzene rings is 3. The van der Waals surface area contributed by atoms with E-state index >= 15 is 0 Å². The van der Waals surface area contributed by atoms with Gasteiger partial charge in [-0.25, -0.2) is 16.8 Å². The lowest BCUT2D eigenvalue weighted by molar-refractivity contribution is 0.581. The van der Waals surface area contributed by atoms with Gasteiger partial charge in [-0.05, 0) is 41.0 Å². The van der Waals surface area contributed by atoms with Gasteiger partial charge in [0.05, 0.1) is 15.5 Å². The molecule has 0 aliphatic carbocycles. The van der Waals surface area contributed by atoms with Crippen LogP contribution in [-0.4, -0.2) is 22.6 Å². The Kier molecular flexibility index (Phi) is 5.40. The van der Waals surface area contributed by atoms with Crippen molar-refractivity contribution in [3.8, 4) is 0 Å². The number of hydrogen-bond donors (Lipinski definition) is 2. The van der Waals surface area contributed by atoms with Crippen molar-refractivity contribution in [2.45, 2.75) is 28.1 Å². The molecule has 156 valence electrons. The molecular formula is C22H22N2O4S2. The standard InChI is InChI=1S/C22H22N2O4S2/c23-19-11-5-4-7-16(19)13-24-14-17-8-6-12-20-22(17)21(15-29(20,25)26)30(27,28)18-9-2-1-3-10-18/h1-12,21,24H,13-15,23H2. The molecule has 4 rings (SSSR count). The Morgan fingerprint density at radius 3 is 2.23 bits per heavy atom. The zero-order valence-corrected chi connectivity index (χ0v) is 17.8. The predicted molar refractivity (Wildman–Crippen MR) is 116 cm³/mol. The Hall–Kier alpha value is -2.68. The van der Waals surface area contributed by atoms with Crippen LogP contribution < -0.4 is 11.1 Å². The maximum absolute atomic E-state index is 13.3. The van der Waals surface area contributed by atoms with Crippen molar-refractivity contribution in [1.82, 2.24) is 5.32 Å². The second-order valence-electron chi connectivity index (χ2n) is 7.26. The van der Waals surface area contributed by atoms with Crippen molar-refractivity contribution in [3.63, 3.8) is 0 Å². The molecule has 1 unspecified atom stereocenters. The summed E-state index contributed by atoms with van der Waals surface area (Å²) in [4.78, 5) is 0.225. The maximum atomic E-state index is 13.3. The number of nitrogen functional groups attached to an aromatic ring is 1. The molecule has 0 saturated carbocycles. The molecule has 0 bridgehead atoms. The lowest BCUT2D eigenvalue weighted by Gasteiger charge is -2.16. The number of fused-ring (bicyclic) bond motifs is 1. The van der Waals surface area contributed by atoms with Gasteiger partial charge in [-0.2, -0.15) is 0 Å². The molecule has 1 aliphatic heterocycles. The summed E-state index contributed by atoms with van der Waals surface area (Å²) in [7, 11) is -7.54. The lowest BCUT2D eigenvalue weighted by Crippen LogP contribution is -2.19. The van der Waals surface area contributed by atoms with Crippen LogP contribution in [0.15, 0.2) is 82.6 Å². The average Bonchev–Trinajstić information content (AvgIpc) is 3.03. The van der Waals surface area contributed by atoms with Gasteiger partial charge in [-0.3, -0.25) is 0 Å². The van der Waals surface area contributed by atoms with Crippen molar-refractivity contribution in [2.24, 2.45) is 0 Å². The topological polar surface area (TPSA) is 106 Å². The minimum Gasteiger partial charge on any atom is -0.398 e. The number of nitrogens with one attached hydrogen (secondary N) is 1. The van der Waals surface area contributed by atoms with E-state index in [1.54, 1.807) is 30.3 Å². The zero-order chi connectivity index (χ0) is 21.4. The molecule has 0 radical (unpaired) electrons. The molecule has 0 amide bonds. The summed E-state index contributed by atoms with van der Waals surface area (Å²) in [6.07, 6.45) is 0. The Morgan fingerprint density at radius 1 is 0.867 bits per heavy atom. The highest BCUT2D eigenvalue weighted by Crippen LogP contribution is 2.42. The third kappa shape index (κ3) is 3.74. The largest absolute Gasteiger partial charge is 0.398 e. The minimum atomic E-state index is -3.86. The summed E-state index contributed by atoms with van der Waals surface area (Å²) in [5.74, 6) is -0.442. The number of anilines is 1. The molecule has 3 N–H and O–H groups in total. The summed E-state index contributed by atoms with van der Waals surface area (Å²) in [6.45, 7) is 0.813. The third-order valence-electron chi connectivity index (χ3n) is 5.32. The monoisotopic (exact) mass is 442 g/mol. The number of sulfone groups is 2. The second kappa shape index (κ2) is 7.86. The third-order valence-corrected chi connectivity index (χ3v) is 9.41. The van der Waals surface area contributed by atoms with E-state index in [0.717, 1.165) is 5.56 Å². The van der Waals surface area contributed by atoms with E-state index in [-0.39, 0.29) is 9.79 Å². The van der Waals surface area contributed by atoms with Crippen LogP contribution in [0.2, 0.25) is 0 Å². The lowest BCUT2D eigenvalue weighted by atomic mass is 10.0. The first-order chi connectivity index (χ1) is 14.3. The smallest absolute Gasteiger partial charge is 0.186 e. The highest BCUT2D eigenvalue weighted by molar-refractivity contribution is 7.96. The van der Waals surface area contributed by atoms with Gasteiger partial charge in [0.2, 0.25) is 0 Å². The SMILES string of the molecule is Nc1ccccc1CNCc1cccc2c1C(S(=O)(=O)c1ccccc1)CS2(=O)=O. The molecule has 0 saturated heterocycles. The number of nitrogens with two attached hydrogens (primary N) is 1. The van der Waals surface area contributed by atoms with Gasteiger partial charge in [0.25, 0.3) is 0 Å². The van der Waals surface area contributed by atoms with E-state index in [2.05, 4.69) is 5.32 Å². The highest BCUT2D eigenvalue weighted by atomic mass is 32.2. The summed E-state index contributed by atoms with van der Waals surface area (Å²) in [5, 5.41) is 2.13. The highest BCUT2D eigenvalue weighted by Gasteiger charge is 2.44. The van der Waals surface area contributed by atoms with Crippen LogP contribution in [0, 0.1) is 0 Å². The van der Waals surface area contributed by atoms with Crippen molar-refractivity contribution >= 4 is 25.4 Å². The Bertz CT molecular complexity index is 1290. The average molecular weight is 443 g/mol. The zero-order valence-electron chi connectivity index (χ0n) is 16.2. The van der Waals surface area contributed by atoms with Crippen LogP contribution >= 0.6 is 0 Å². The fourth-order valence-electron chi connectivity index (χ4n) is 3.80. The van der Waals surface area contributed by atoms with Gasteiger partial charge >= 0.3 is 0 Å². The predicted octanol–water partition coefficient (Wildman–Crippen LogP) is 2.86. The normalized spacial score (nSPS) is 17.5. The summed E-state index contributed by atoms with van der Waals surface area (Å²) >= 11 is 0. The van der Waals surface area contributed by atoms with Crippen LogP contribution in [0.5, 0.6) is 0 Å². The summed E-state index contributed by atoms with van der Waals surface area (Å²) in [5.41, 5.74) is 8.59. The fraction of sp³-hybridized carbons (Fsp3) is 0.182. The van der Waals surface area contributed by atoms with Gasteiger partial charge in [-0.15, -0.1) is 0 Å². The molecule has 1 atom stereocenters. The Balaban J connectivity index is 1.69. The van der Waals surface area contributed by atoms with Crippen LogP contribution in [0.3, 0.4) is 0 Å². The molecule has 6 nitrogen and oxygen atoms in total. The summed E-state index contributed by atoms with van der Waals surface area (Å²) in [6, 6.07) is 20.4. The van der Waals surface area contributed by atoms with E-state index < -0.39 is 30.7 Å². The van der Waals surface area contributed by atoms with Gasteiger partial charge in [0, 0.05) is 18.8 Å². The van der Waals surface area contributed by atoms with Crippen LogP contribution in [0.1, 0.15) is 21.9 Å². The van der Waals surface area contributed by atoms with E-state index in [9.17, 15) is 16.8 Å². The molecule has 1 heterocycles. The summed E-state index contributed by atoms with van der Waals surface area (Å²) < 4.78 is 52.0. The van der Waals surface area contributed by atoms with Crippen LogP contribution in [0.4, 0.5) is 5.69 Å². The first kappa shape index (κ1) is 20.6. The number of hydrogen-bond acceptors (Lipinski definition) is 6. The van der Waals surface area contributed by atoms with E-state index in [4.69, 9.17) is 5.73 Å². The van der Waals surface area contributed by atoms with Gasteiger partial charge in [-0.1, -0.05) is 48.5 Å². The molecule has 8 heteroatoms. The van der Waals surface area contributed by atoms with E-state index in [1.807, 2.05) is 24.3 Å². The molecular weight excluding hydrogens is 420 g/mol. The molecule has 0 spiro atoms. The van der Waals surface area contributed by atoms with Crippen LogP contribution in [-0.2, 0) is 32.8 Å². The number of para-hydroxylation sites is 1. The second-order valence-corrected chi connectivity index (χ2v) is 11.4. The van der Waals surface area contributed by atoms with Crippen molar-refractivity contribution in [2.75, 3.05) is 11.5 Å². The number of rotatable bonds is 6. The fourth-order valence-corrected chi connectivity index (χ4v) is 8.22. The van der Waals surface area contributed by atoms with E-state index in [0.29, 0.717) is 29.9 Å². The maximum Gasteiger partial charge on any atom is 0.186 e. The molecule has 1 aliphatic rings. The molecule has 3 aromatic carbocycles. The van der Waals surface area contributed by atoms with Crippen molar-refractivity contribution in [3.05, 3.63) is 89.5 Å². The van der Waals surface area contributed by atoms with Gasteiger partial charge in [0.15, 0.2) is 19.7 Å². The quantitative estimate of drug-likeness (QED) is 0.569. The Labute approximate surface area is 176 Å². The van der Waals surface area contributed by atoms with E-state index in [1.165, 1.54) is 18.2 Å². The first-order valence-corrected chi connectivity index (χ1v) is 12.7.